The van der Waals surface area contributed by atoms with Gasteiger partial charge in [0.25, 0.3) is 5.56 Å². The number of likely N-dealkylation sites (tertiary alicyclic amines) is 1. The van der Waals surface area contributed by atoms with Crippen molar-refractivity contribution < 1.29 is 4.79 Å². The Morgan fingerprint density at radius 2 is 1.74 bits per heavy atom. The van der Waals surface area contributed by atoms with Gasteiger partial charge in [-0.1, -0.05) is 48.5 Å². The molecular weight excluding hydrogens is 340 g/mol. The van der Waals surface area contributed by atoms with Crippen molar-refractivity contribution in [3.8, 4) is 0 Å². The topological polar surface area (TPSA) is 81.2 Å². The maximum Gasteiger partial charge on any atom is 0.274 e. The number of aromatic nitrogens is 2. The van der Waals surface area contributed by atoms with Gasteiger partial charge >= 0.3 is 0 Å². The first-order chi connectivity index (χ1) is 13.0. The number of hydrogen-bond acceptors (Lipinski definition) is 4. The molecule has 0 spiro atoms. The summed E-state index contributed by atoms with van der Waals surface area (Å²) >= 11 is 0. The van der Waals surface area contributed by atoms with E-state index in [1.807, 2.05) is 41.3 Å². The molecule has 2 atom stereocenters. The molecule has 1 saturated heterocycles. The Morgan fingerprint density at radius 3 is 2.48 bits per heavy atom. The van der Waals surface area contributed by atoms with Crippen LogP contribution < -0.4 is 11.3 Å². The number of nitrogens with two attached hydrogens (primary N) is 1. The van der Waals surface area contributed by atoms with E-state index in [0.29, 0.717) is 24.2 Å². The number of aryl methyl sites for hydroxylation is 1. The van der Waals surface area contributed by atoms with Gasteiger partial charge in [0.15, 0.2) is 0 Å². The molecule has 3 aromatic rings. The van der Waals surface area contributed by atoms with Crippen molar-refractivity contribution in [2.24, 2.45) is 12.8 Å². The summed E-state index contributed by atoms with van der Waals surface area (Å²) in [5.74, 6) is 0.125. The first-order valence-electron chi connectivity index (χ1n) is 9.08. The van der Waals surface area contributed by atoms with Crippen molar-refractivity contribution in [3.05, 3.63) is 76.2 Å². The maximum atomic E-state index is 12.9. The lowest BCUT2D eigenvalue weighted by atomic mass is 9.95. The van der Waals surface area contributed by atoms with E-state index in [-0.39, 0.29) is 29.8 Å². The van der Waals surface area contributed by atoms with E-state index in [2.05, 4.69) is 17.2 Å². The average Bonchev–Trinajstić information content (AvgIpc) is 3.08. The van der Waals surface area contributed by atoms with Crippen molar-refractivity contribution >= 4 is 16.7 Å². The Labute approximate surface area is 157 Å². The molecule has 0 radical (unpaired) electrons. The van der Waals surface area contributed by atoms with Crippen molar-refractivity contribution in [2.75, 3.05) is 13.1 Å². The molecule has 1 aliphatic heterocycles. The van der Waals surface area contributed by atoms with Gasteiger partial charge in [-0.25, -0.2) is 4.68 Å². The predicted octanol–water partition coefficient (Wildman–Crippen LogP) is 1.43. The summed E-state index contributed by atoms with van der Waals surface area (Å²) in [6.07, 6.45) is 0.156. The van der Waals surface area contributed by atoms with Crippen LogP contribution in [0.15, 0.2) is 59.4 Å². The number of carbonyl (C=O) groups is 1. The molecule has 138 valence electrons. The van der Waals surface area contributed by atoms with Crippen LogP contribution >= 0.6 is 0 Å². The van der Waals surface area contributed by atoms with Crippen LogP contribution in [0.25, 0.3) is 10.8 Å². The van der Waals surface area contributed by atoms with Crippen LogP contribution in [0.5, 0.6) is 0 Å². The first kappa shape index (κ1) is 17.4. The highest BCUT2D eigenvalue weighted by Crippen LogP contribution is 2.27. The summed E-state index contributed by atoms with van der Waals surface area (Å²) in [5, 5.41) is 5.65. The van der Waals surface area contributed by atoms with Gasteiger partial charge in [-0.3, -0.25) is 9.59 Å². The SMILES string of the molecule is Cn1nc(CC(=O)N2C[C@@H](N)[C@H](c3ccccc3)C2)c2ccccc2c1=O. The minimum Gasteiger partial charge on any atom is -0.340 e. The van der Waals surface area contributed by atoms with Crippen molar-refractivity contribution in [2.45, 2.75) is 18.4 Å². The second-order valence-electron chi connectivity index (χ2n) is 7.08. The number of benzene rings is 2. The number of carbonyl (C=O) groups excluding carboxylic acids is 1. The summed E-state index contributed by atoms with van der Waals surface area (Å²) in [6, 6.07) is 17.3. The Balaban J connectivity index is 1.58. The summed E-state index contributed by atoms with van der Waals surface area (Å²) in [4.78, 5) is 27.0. The highest BCUT2D eigenvalue weighted by Gasteiger charge is 2.34. The standard InChI is InChI=1S/C21H22N4O2/c1-24-21(27)16-10-6-5-9-15(16)19(23-24)11-20(26)25-12-17(18(22)13-25)14-7-3-2-4-8-14/h2-10,17-18H,11-13,22H2,1H3/t17-,18+/m0/s1. The maximum absolute atomic E-state index is 12.9. The Kier molecular flexibility index (Phi) is 4.49. The summed E-state index contributed by atoms with van der Waals surface area (Å²) in [5.41, 5.74) is 7.93. The molecule has 6 heteroatoms. The number of amides is 1. The molecule has 2 N–H and O–H groups in total. The van der Waals surface area contributed by atoms with E-state index < -0.39 is 0 Å². The van der Waals surface area contributed by atoms with E-state index in [0.717, 1.165) is 10.9 Å². The Morgan fingerprint density at radius 1 is 1.07 bits per heavy atom. The lowest BCUT2D eigenvalue weighted by Gasteiger charge is -2.17. The largest absolute Gasteiger partial charge is 0.340 e. The molecular formula is C21H22N4O2. The molecule has 1 amide bonds. The lowest BCUT2D eigenvalue weighted by Crippen LogP contribution is -2.34. The van der Waals surface area contributed by atoms with Gasteiger partial charge < -0.3 is 10.6 Å². The third-order valence-corrected chi connectivity index (χ3v) is 5.30. The smallest absolute Gasteiger partial charge is 0.274 e. The molecule has 6 nitrogen and oxygen atoms in total. The second-order valence-corrected chi connectivity index (χ2v) is 7.08. The van der Waals surface area contributed by atoms with Crippen LogP contribution in [-0.2, 0) is 18.3 Å². The summed E-state index contributed by atoms with van der Waals surface area (Å²) in [6.45, 7) is 1.13. The van der Waals surface area contributed by atoms with Gasteiger partial charge in [0.2, 0.25) is 5.91 Å². The Hall–Kier alpha value is -2.99. The monoisotopic (exact) mass is 362 g/mol. The van der Waals surface area contributed by atoms with E-state index in [4.69, 9.17) is 5.73 Å². The molecule has 27 heavy (non-hydrogen) atoms. The fourth-order valence-electron chi connectivity index (χ4n) is 3.85. The van der Waals surface area contributed by atoms with Gasteiger partial charge in [-0.05, 0) is 11.6 Å². The summed E-state index contributed by atoms with van der Waals surface area (Å²) < 4.78 is 1.30. The minimum absolute atomic E-state index is 0.0137. The predicted molar refractivity (Wildman–Crippen MR) is 104 cm³/mol. The zero-order valence-corrected chi connectivity index (χ0v) is 15.2. The molecule has 4 rings (SSSR count). The third-order valence-electron chi connectivity index (χ3n) is 5.30. The Bertz CT molecular complexity index is 1040. The average molecular weight is 362 g/mol. The van der Waals surface area contributed by atoms with Crippen molar-refractivity contribution in [1.82, 2.24) is 14.7 Å². The number of rotatable bonds is 3. The molecule has 1 aromatic heterocycles. The fraction of sp³-hybridized carbons (Fsp3) is 0.286. The number of nitrogens with zero attached hydrogens (tertiary/aromatic N) is 3. The van der Waals surface area contributed by atoms with Gasteiger partial charge in [0.1, 0.15) is 0 Å². The molecule has 0 aliphatic carbocycles. The van der Waals surface area contributed by atoms with Crippen LogP contribution in [0.1, 0.15) is 17.2 Å². The van der Waals surface area contributed by atoms with Crippen LogP contribution in [0, 0.1) is 0 Å². The number of fused-ring (bicyclic) bond motifs is 1. The van der Waals surface area contributed by atoms with Crippen LogP contribution in [-0.4, -0.2) is 39.7 Å². The van der Waals surface area contributed by atoms with E-state index in [1.54, 1.807) is 13.1 Å². The second kappa shape index (κ2) is 6.96. The highest BCUT2D eigenvalue weighted by molar-refractivity contribution is 5.88. The first-order valence-corrected chi connectivity index (χ1v) is 9.08. The normalized spacial score (nSPS) is 19.6. The zero-order valence-electron chi connectivity index (χ0n) is 15.2. The van der Waals surface area contributed by atoms with Crippen molar-refractivity contribution in [3.63, 3.8) is 0 Å². The lowest BCUT2D eigenvalue weighted by molar-refractivity contribution is -0.129. The van der Waals surface area contributed by atoms with Gasteiger partial charge in [-0.15, -0.1) is 0 Å². The highest BCUT2D eigenvalue weighted by atomic mass is 16.2. The van der Waals surface area contributed by atoms with Crippen molar-refractivity contribution in [1.29, 1.82) is 0 Å². The third kappa shape index (κ3) is 3.24. The molecule has 2 heterocycles. The molecule has 2 aromatic carbocycles. The van der Waals surface area contributed by atoms with Crippen LogP contribution in [0.3, 0.4) is 0 Å². The molecule has 0 unspecified atom stereocenters. The van der Waals surface area contributed by atoms with E-state index in [1.165, 1.54) is 4.68 Å². The quantitative estimate of drug-likeness (QED) is 0.764. The van der Waals surface area contributed by atoms with Crippen LogP contribution in [0.4, 0.5) is 0 Å². The van der Waals surface area contributed by atoms with E-state index in [9.17, 15) is 9.59 Å². The molecule has 0 saturated carbocycles. The van der Waals surface area contributed by atoms with Gasteiger partial charge in [-0.2, -0.15) is 5.10 Å². The fourth-order valence-corrected chi connectivity index (χ4v) is 3.85. The van der Waals surface area contributed by atoms with Crippen LogP contribution in [0.2, 0.25) is 0 Å². The summed E-state index contributed by atoms with van der Waals surface area (Å²) in [7, 11) is 1.61. The number of hydrogen-bond donors (Lipinski definition) is 1. The minimum atomic E-state index is -0.158. The molecule has 1 fully saturated rings. The molecule has 1 aliphatic rings. The molecule has 0 bridgehead atoms. The van der Waals surface area contributed by atoms with Gasteiger partial charge in [0.05, 0.1) is 17.5 Å². The van der Waals surface area contributed by atoms with Gasteiger partial charge in [0, 0.05) is 37.5 Å². The van der Waals surface area contributed by atoms with E-state index >= 15 is 0 Å². The zero-order chi connectivity index (χ0) is 19.0.